The molecule has 1 rings (SSSR count). The molecular weight excluding hydrogens is 240 g/mol. The van der Waals surface area contributed by atoms with Crippen LogP contribution in [0, 0.1) is 0 Å². The minimum atomic E-state index is -3.10. The summed E-state index contributed by atoms with van der Waals surface area (Å²) in [6, 6.07) is 0.404. The number of morpholine rings is 1. The average Bonchev–Trinajstić information content (AvgIpc) is 2.24. The molecule has 1 fully saturated rings. The molecule has 1 aliphatic rings. The molecule has 0 radical (unpaired) electrons. The van der Waals surface area contributed by atoms with E-state index < -0.39 is 10.0 Å². The van der Waals surface area contributed by atoms with Gasteiger partial charge in [0.25, 0.3) is 0 Å². The van der Waals surface area contributed by atoms with Crippen LogP contribution in [0.5, 0.6) is 0 Å². The fourth-order valence-corrected chi connectivity index (χ4v) is 3.37. The van der Waals surface area contributed by atoms with E-state index in [1.165, 1.54) is 0 Å². The Kier molecular flexibility index (Phi) is 5.85. The van der Waals surface area contributed by atoms with E-state index in [-0.39, 0.29) is 11.9 Å². The molecule has 0 saturated carbocycles. The summed E-state index contributed by atoms with van der Waals surface area (Å²) in [5.74, 6) is 0.222. The number of hydrogen-bond acceptors (Lipinski definition) is 4. The first kappa shape index (κ1) is 14.9. The Morgan fingerprint density at radius 2 is 2.18 bits per heavy atom. The Morgan fingerprint density at radius 1 is 1.47 bits per heavy atom. The van der Waals surface area contributed by atoms with Crippen LogP contribution in [-0.2, 0) is 14.8 Å². The van der Waals surface area contributed by atoms with Crippen LogP contribution < -0.4 is 5.32 Å². The van der Waals surface area contributed by atoms with Gasteiger partial charge in [-0.05, 0) is 19.9 Å². The highest BCUT2D eigenvalue weighted by molar-refractivity contribution is 7.89. The van der Waals surface area contributed by atoms with Crippen molar-refractivity contribution in [1.82, 2.24) is 9.62 Å². The topological polar surface area (TPSA) is 58.6 Å². The van der Waals surface area contributed by atoms with E-state index in [4.69, 9.17) is 4.74 Å². The van der Waals surface area contributed by atoms with Crippen molar-refractivity contribution >= 4 is 10.0 Å². The van der Waals surface area contributed by atoms with E-state index in [0.29, 0.717) is 32.2 Å². The van der Waals surface area contributed by atoms with E-state index in [9.17, 15) is 8.42 Å². The summed E-state index contributed by atoms with van der Waals surface area (Å²) < 4.78 is 30.9. The number of rotatable bonds is 6. The van der Waals surface area contributed by atoms with E-state index in [2.05, 4.69) is 19.2 Å². The highest BCUT2D eigenvalue weighted by Gasteiger charge is 2.26. The molecule has 1 aliphatic heterocycles. The van der Waals surface area contributed by atoms with Crippen molar-refractivity contribution in [3.05, 3.63) is 0 Å². The summed E-state index contributed by atoms with van der Waals surface area (Å²) >= 11 is 0. The molecule has 1 heterocycles. The maximum Gasteiger partial charge on any atom is 0.214 e. The van der Waals surface area contributed by atoms with Gasteiger partial charge in [-0.15, -0.1) is 0 Å². The molecule has 102 valence electrons. The first-order valence-electron chi connectivity index (χ1n) is 6.24. The monoisotopic (exact) mass is 264 g/mol. The van der Waals surface area contributed by atoms with E-state index >= 15 is 0 Å². The van der Waals surface area contributed by atoms with Crippen molar-refractivity contribution in [3.8, 4) is 0 Å². The van der Waals surface area contributed by atoms with Crippen molar-refractivity contribution in [1.29, 1.82) is 0 Å². The molecule has 1 unspecified atom stereocenters. The van der Waals surface area contributed by atoms with Gasteiger partial charge in [0, 0.05) is 19.1 Å². The number of nitrogens with zero attached hydrogens (tertiary/aromatic N) is 1. The summed E-state index contributed by atoms with van der Waals surface area (Å²) in [4.78, 5) is 0. The van der Waals surface area contributed by atoms with Gasteiger partial charge in [-0.3, -0.25) is 0 Å². The van der Waals surface area contributed by atoms with Gasteiger partial charge in [-0.25, -0.2) is 8.42 Å². The Labute approximate surface area is 105 Å². The highest BCUT2D eigenvalue weighted by Crippen LogP contribution is 2.10. The summed E-state index contributed by atoms with van der Waals surface area (Å²) in [5.41, 5.74) is 0. The number of sulfonamides is 1. The molecule has 0 bridgehead atoms. The second kappa shape index (κ2) is 6.68. The molecule has 1 atom stereocenters. The third-order valence-corrected chi connectivity index (χ3v) is 4.65. The van der Waals surface area contributed by atoms with E-state index in [1.807, 2.05) is 6.92 Å². The van der Waals surface area contributed by atoms with Crippen LogP contribution in [0.3, 0.4) is 0 Å². The van der Waals surface area contributed by atoms with Crippen LogP contribution in [0.25, 0.3) is 0 Å². The van der Waals surface area contributed by atoms with Crippen molar-refractivity contribution in [3.63, 3.8) is 0 Å². The average molecular weight is 264 g/mol. The summed E-state index contributed by atoms with van der Waals surface area (Å²) in [7, 11) is -3.10. The van der Waals surface area contributed by atoms with Crippen molar-refractivity contribution in [2.75, 3.05) is 32.0 Å². The van der Waals surface area contributed by atoms with Crippen LogP contribution in [0.2, 0.25) is 0 Å². The molecule has 1 saturated heterocycles. The van der Waals surface area contributed by atoms with Crippen LogP contribution >= 0.6 is 0 Å². The lowest BCUT2D eigenvalue weighted by Gasteiger charge is -2.30. The second-order valence-corrected chi connectivity index (χ2v) is 6.91. The van der Waals surface area contributed by atoms with Gasteiger partial charge in [0.15, 0.2) is 0 Å². The zero-order valence-electron chi connectivity index (χ0n) is 11.0. The van der Waals surface area contributed by atoms with Gasteiger partial charge >= 0.3 is 0 Å². The smallest absolute Gasteiger partial charge is 0.214 e. The lowest BCUT2D eigenvalue weighted by molar-refractivity contribution is 0.0102. The van der Waals surface area contributed by atoms with Crippen LogP contribution in [0.1, 0.15) is 27.2 Å². The molecule has 0 aromatic carbocycles. The van der Waals surface area contributed by atoms with Crippen molar-refractivity contribution < 1.29 is 13.2 Å². The summed E-state index contributed by atoms with van der Waals surface area (Å²) in [6.07, 6.45) is 0.666. The summed E-state index contributed by atoms with van der Waals surface area (Å²) in [6.45, 7) is 8.24. The molecule has 17 heavy (non-hydrogen) atoms. The van der Waals surface area contributed by atoms with Crippen LogP contribution in [-0.4, -0.2) is 56.9 Å². The molecule has 6 heteroatoms. The van der Waals surface area contributed by atoms with Gasteiger partial charge in [0.2, 0.25) is 10.0 Å². The SMILES string of the molecule is CC(C)NCCCS(=O)(=O)N1CCOC(C)C1. The maximum absolute atomic E-state index is 12.0. The molecule has 0 aromatic heterocycles. The Bertz CT molecular complexity index is 317. The van der Waals surface area contributed by atoms with Gasteiger partial charge in [0.1, 0.15) is 0 Å². The molecule has 0 aromatic rings. The highest BCUT2D eigenvalue weighted by atomic mass is 32.2. The maximum atomic E-state index is 12.0. The molecule has 1 N–H and O–H groups in total. The molecular formula is C11H24N2O3S. The van der Waals surface area contributed by atoms with Crippen molar-refractivity contribution in [2.24, 2.45) is 0 Å². The normalized spacial score (nSPS) is 23.2. The molecule has 0 aliphatic carbocycles. The number of hydrogen-bond donors (Lipinski definition) is 1. The third kappa shape index (κ3) is 5.33. The molecule has 5 nitrogen and oxygen atoms in total. The fourth-order valence-electron chi connectivity index (χ4n) is 1.81. The Morgan fingerprint density at radius 3 is 2.76 bits per heavy atom. The van der Waals surface area contributed by atoms with Crippen molar-refractivity contribution in [2.45, 2.75) is 39.3 Å². The van der Waals surface area contributed by atoms with Gasteiger partial charge in [-0.1, -0.05) is 13.8 Å². The lowest BCUT2D eigenvalue weighted by Crippen LogP contribution is -2.45. The fraction of sp³-hybridized carbons (Fsp3) is 1.00. The van der Waals surface area contributed by atoms with E-state index in [1.54, 1.807) is 4.31 Å². The Balaban J connectivity index is 2.34. The van der Waals surface area contributed by atoms with Crippen LogP contribution in [0.15, 0.2) is 0 Å². The van der Waals surface area contributed by atoms with Crippen LogP contribution in [0.4, 0.5) is 0 Å². The predicted octanol–water partition coefficient (Wildman–Crippen LogP) is 0.425. The largest absolute Gasteiger partial charge is 0.376 e. The second-order valence-electron chi connectivity index (χ2n) is 4.82. The first-order valence-corrected chi connectivity index (χ1v) is 7.85. The number of nitrogens with one attached hydrogen (secondary N) is 1. The molecule has 0 spiro atoms. The zero-order valence-corrected chi connectivity index (χ0v) is 11.8. The zero-order chi connectivity index (χ0) is 12.9. The van der Waals surface area contributed by atoms with E-state index in [0.717, 1.165) is 6.54 Å². The quantitative estimate of drug-likeness (QED) is 0.707. The first-order chi connectivity index (χ1) is 7.92. The predicted molar refractivity (Wildman–Crippen MR) is 68.5 cm³/mol. The molecule has 0 amide bonds. The van der Waals surface area contributed by atoms with Gasteiger partial charge in [-0.2, -0.15) is 4.31 Å². The summed E-state index contributed by atoms with van der Waals surface area (Å²) in [5, 5.41) is 3.22. The minimum Gasteiger partial charge on any atom is -0.376 e. The third-order valence-electron chi connectivity index (χ3n) is 2.73. The lowest BCUT2D eigenvalue weighted by atomic mass is 10.3. The van der Waals surface area contributed by atoms with Gasteiger partial charge in [0.05, 0.1) is 18.5 Å². The minimum absolute atomic E-state index is 0.00677. The Hall–Kier alpha value is -0.170. The number of ether oxygens (including phenoxy) is 1. The van der Waals surface area contributed by atoms with Gasteiger partial charge < -0.3 is 10.1 Å². The standard InChI is InChI=1S/C11H24N2O3S/c1-10(2)12-5-4-8-17(14,15)13-6-7-16-11(3)9-13/h10-12H,4-9H2,1-3H3.